The van der Waals surface area contributed by atoms with Gasteiger partial charge < -0.3 is 15.0 Å². The van der Waals surface area contributed by atoms with Crippen molar-refractivity contribution in [1.29, 1.82) is 0 Å². The summed E-state index contributed by atoms with van der Waals surface area (Å²) in [6, 6.07) is 14.9. The van der Waals surface area contributed by atoms with E-state index in [0.717, 1.165) is 67.1 Å². The van der Waals surface area contributed by atoms with Crippen molar-refractivity contribution in [1.82, 2.24) is 10.2 Å². The molecule has 0 bridgehead atoms. The average molecular weight is 378 g/mol. The topological polar surface area (TPSA) is 51.5 Å². The van der Waals surface area contributed by atoms with Crippen molar-refractivity contribution in [2.24, 2.45) is 0 Å². The van der Waals surface area contributed by atoms with Gasteiger partial charge in [-0.2, -0.15) is 0 Å². The SMILES string of the molecule is Cc1ccc(-c2nnc(NCCC[NH+]3CCOCC3)c3ccccc23)cc1C. The quantitative estimate of drug-likeness (QED) is 0.649. The minimum atomic E-state index is 0.875. The number of quaternary nitrogens is 1. The number of hydrogen-bond donors (Lipinski definition) is 2. The highest BCUT2D eigenvalue weighted by Gasteiger charge is 2.14. The van der Waals surface area contributed by atoms with E-state index >= 15 is 0 Å². The molecule has 146 valence electrons. The molecule has 2 N–H and O–H groups in total. The lowest BCUT2D eigenvalue weighted by molar-refractivity contribution is -0.908. The van der Waals surface area contributed by atoms with Crippen LogP contribution in [0.3, 0.4) is 0 Å². The number of nitrogens with zero attached hydrogens (tertiary/aromatic N) is 2. The van der Waals surface area contributed by atoms with Crippen LogP contribution in [0.5, 0.6) is 0 Å². The fourth-order valence-electron chi connectivity index (χ4n) is 3.79. The summed E-state index contributed by atoms with van der Waals surface area (Å²) < 4.78 is 5.43. The molecular formula is C23H29N4O+. The van der Waals surface area contributed by atoms with E-state index in [4.69, 9.17) is 4.74 Å². The Morgan fingerprint density at radius 3 is 2.54 bits per heavy atom. The summed E-state index contributed by atoms with van der Waals surface area (Å²) in [5, 5.41) is 14.9. The number of nitrogens with one attached hydrogen (secondary N) is 2. The van der Waals surface area contributed by atoms with Crippen molar-refractivity contribution >= 4 is 16.6 Å². The van der Waals surface area contributed by atoms with Crippen LogP contribution < -0.4 is 10.2 Å². The number of hydrogen-bond acceptors (Lipinski definition) is 4. The third-order valence-electron chi connectivity index (χ3n) is 5.67. The molecule has 1 fully saturated rings. The number of aromatic nitrogens is 2. The molecule has 3 aromatic rings. The second-order valence-electron chi connectivity index (χ2n) is 7.63. The van der Waals surface area contributed by atoms with Gasteiger partial charge in [0.1, 0.15) is 18.8 Å². The fourth-order valence-corrected chi connectivity index (χ4v) is 3.79. The average Bonchev–Trinajstić information content (AvgIpc) is 2.74. The van der Waals surface area contributed by atoms with Crippen molar-refractivity contribution in [3.05, 3.63) is 53.6 Å². The van der Waals surface area contributed by atoms with Gasteiger partial charge in [0.25, 0.3) is 0 Å². The molecule has 0 unspecified atom stereocenters. The molecule has 2 aromatic carbocycles. The van der Waals surface area contributed by atoms with Crippen molar-refractivity contribution in [2.45, 2.75) is 20.3 Å². The van der Waals surface area contributed by atoms with Crippen LogP contribution in [0.25, 0.3) is 22.0 Å². The molecule has 0 aliphatic carbocycles. The van der Waals surface area contributed by atoms with E-state index in [2.05, 4.69) is 71.8 Å². The fraction of sp³-hybridized carbons (Fsp3) is 0.391. The Morgan fingerprint density at radius 1 is 0.964 bits per heavy atom. The molecule has 5 heteroatoms. The summed E-state index contributed by atoms with van der Waals surface area (Å²) >= 11 is 0. The van der Waals surface area contributed by atoms with Crippen LogP contribution >= 0.6 is 0 Å². The number of anilines is 1. The molecule has 0 amide bonds. The van der Waals surface area contributed by atoms with Gasteiger partial charge in [-0.15, -0.1) is 10.2 Å². The molecule has 0 radical (unpaired) electrons. The van der Waals surface area contributed by atoms with E-state index in [1.165, 1.54) is 17.7 Å². The lowest BCUT2D eigenvalue weighted by atomic mass is 10.0. The molecule has 1 aromatic heterocycles. The van der Waals surface area contributed by atoms with Crippen molar-refractivity contribution < 1.29 is 9.64 Å². The molecule has 0 spiro atoms. The van der Waals surface area contributed by atoms with Gasteiger partial charge >= 0.3 is 0 Å². The second-order valence-corrected chi connectivity index (χ2v) is 7.63. The first kappa shape index (κ1) is 18.8. The van der Waals surface area contributed by atoms with Crippen LogP contribution in [0.1, 0.15) is 17.5 Å². The minimum Gasteiger partial charge on any atom is -0.370 e. The molecule has 1 aliphatic heterocycles. The van der Waals surface area contributed by atoms with Crippen LogP contribution in [0, 0.1) is 13.8 Å². The summed E-state index contributed by atoms with van der Waals surface area (Å²) in [6.45, 7) is 10.4. The first-order valence-electron chi connectivity index (χ1n) is 10.2. The van der Waals surface area contributed by atoms with Gasteiger partial charge in [0.15, 0.2) is 5.82 Å². The van der Waals surface area contributed by atoms with E-state index < -0.39 is 0 Å². The normalized spacial score (nSPS) is 15.1. The Kier molecular flexibility index (Phi) is 5.84. The highest BCUT2D eigenvalue weighted by atomic mass is 16.5. The zero-order valence-corrected chi connectivity index (χ0v) is 16.8. The van der Waals surface area contributed by atoms with E-state index in [-0.39, 0.29) is 0 Å². The van der Waals surface area contributed by atoms with Gasteiger partial charge in [-0.05, 0) is 31.0 Å². The number of aryl methyl sites for hydroxylation is 2. The Morgan fingerprint density at radius 2 is 1.75 bits per heavy atom. The predicted octanol–water partition coefficient (Wildman–Crippen LogP) is 2.63. The maximum atomic E-state index is 5.43. The van der Waals surface area contributed by atoms with Crippen LogP contribution in [-0.2, 0) is 4.74 Å². The van der Waals surface area contributed by atoms with Gasteiger partial charge in [-0.25, -0.2) is 0 Å². The Balaban J connectivity index is 1.51. The molecule has 0 saturated carbocycles. The molecule has 1 saturated heterocycles. The smallest absolute Gasteiger partial charge is 0.156 e. The maximum Gasteiger partial charge on any atom is 0.156 e. The summed E-state index contributed by atoms with van der Waals surface area (Å²) in [5.74, 6) is 0.875. The lowest BCUT2D eigenvalue weighted by Crippen LogP contribution is -3.14. The first-order chi connectivity index (χ1) is 13.7. The van der Waals surface area contributed by atoms with Gasteiger partial charge in [-0.3, -0.25) is 0 Å². The third-order valence-corrected chi connectivity index (χ3v) is 5.67. The van der Waals surface area contributed by atoms with E-state index in [1.807, 2.05) is 0 Å². The monoisotopic (exact) mass is 377 g/mol. The van der Waals surface area contributed by atoms with Crippen LogP contribution in [0.2, 0.25) is 0 Å². The molecular weight excluding hydrogens is 348 g/mol. The van der Waals surface area contributed by atoms with Crippen molar-refractivity contribution in [3.63, 3.8) is 0 Å². The van der Waals surface area contributed by atoms with E-state index in [9.17, 15) is 0 Å². The zero-order valence-electron chi connectivity index (χ0n) is 16.8. The lowest BCUT2D eigenvalue weighted by Gasteiger charge is -2.23. The third kappa shape index (κ3) is 4.16. The molecule has 4 rings (SSSR count). The number of ether oxygens (including phenoxy) is 1. The highest BCUT2D eigenvalue weighted by molar-refractivity contribution is 6.00. The Bertz CT molecular complexity index is 950. The van der Waals surface area contributed by atoms with Crippen molar-refractivity contribution in [2.75, 3.05) is 44.7 Å². The van der Waals surface area contributed by atoms with Crippen molar-refractivity contribution in [3.8, 4) is 11.3 Å². The van der Waals surface area contributed by atoms with Gasteiger partial charge in [0.2, 0.25) is 0 Å². The predicted molar refractivity (Wildman–Crippen MR) is 114 cm³/mol. The van der Waals surface area contributed by atoms with E-state index in [1.54, 1.807) is 4.90 Å². The molecule has 1 aliphatic rings. The number of morpholine rings is 1. The standard InChI is InChI=1S/C23H28N4O/c1-17-8-9-19(16-18(17)2)22-20-6-3-4-7-21(20)23(26-25-22)24-10-5-11-27-12-14-28-15-13-27/h3-4,6-9,16H,5,10-15H2,1-2H3,(H,24,26)/p+1. The summed E-state index contributed by atoms with van der Waals surface area (Å²) in [7, 11) is 0. The van der Waals surface area contributed by atoms with Crippen LogP contribution in [0.15, 0.2) is 42.5 Å². The maximum absolute atomic E-state index is 5.43. The molecule has 0 atom stereocenters. The van der Waals surface area contributed by atoms with E-state index in [0.29, 0.717) is 0 Å². The van der Waals surface area contributed by atoms with Gasteiger partial charge in [0.05, 0.1) is 19.8 Å². The number of fused-ring (bicyclic) bond motifs is 1. The summed E-state index contributed by atoms with van der Waals surface area (Å²) in [5.41, 5.74) is 4.63. The Labute approximate surface area is 166 Å². The second kappa shape index (κ2) is 8.67. The molecule has 2 heterocycles. The molecule has 5 nitrogen and oxygen atoms in total. The van der Waals surface area contributed by atoms with Gasteiger partial charge in [0, 0.05) is 29.3 Å². The Hall–Kier alpha value is -2.50. The number of rotatable bonds is 6. The largest absolute Gasteiger partial charge is 0.370 e. The highest BCUT2D eigenvalue weighted by Crippen LogP contribution is 2.30. The summed E-state index contributed by atoms with van der Waals surface area (Å²) in [4.78, 5) is 1.63. The zero-order chi connectivity index (χ0) is 19.3. The van der Waals surface area contributed by atoms with Crippen LogP contribution in [0.4, 0.5) is 5.82 Å². The van der Waals surface area contributed by atoms with Crippen LogP contribution in [-0.4, -0.2) is 49.6 Å². The number of benzene rings is 2. The van der Waals surface area contributed by atoms with Gasteiger partial charge in [-0.1, -0.05) is 36.4 Å². The summed E-state index contributed by atoms with van der Waals surface area (Å²) in [6.07, 6.45) is 1.12. The molecule has 28 heavy (non-hydrogen) atoms. The minimum absolute atomic E-state index is 0.875. The first-order valence-corrected chi connectivity index (χ1v) is 10.2.